The Balaban J connectivity index is 1.17. The monoisotopic (exact) mass is 675 g/mol. The molecule has 0 radical (unpaired) electrons. The number of fused-ring (bicyclic) bond motifs is 8. The van der Waals surface area contributed by atoms with Crippen molar-refractivity contribution in [2.75, 3.05) is 0 Å². The zero-order chi connectivity index (χ0) is 34.9. The number of nitrogens with zero attached hydrogens (tertiary/aromatic N) is 3. The van der Waals surface area contributed by atoms with E-state index in [-0.39, 0.29) is 0 Å². The van der Waals surface area contributed by atoms with E-state index in [9.17, 15) is 0 Å². The molecular formula is C49H29N3O. The molecule has 2 aromatic heterocycles. The van der Waals surface area contributed by atoms with E-state index in [1.807, 2.05) is 12.1 Å². The van der Waals surface area contributed by atoms with Crippen LogP contribution in [0.25, 0.3) is 110 Å². The molecule has 4 heteroatoms. The second-order valence-corrected chi connectivity index (χ2v) is 13.5. The molecule has 0 bridgehead atoms. The van der Waals surface area contributed by atoms with Gasteiger partial charge in [0.05, 0.1) is 0 Å². The first kappa shape index (κ1) is 29.5. The molecule has 11 rings (SSSR count). The SMILES string of the molecule is c1ccc2cc(-c3nc(-c4cccc5ccccc45)nc(-c4ccc(-c5cc6c7ccccc7oc6c6ccccc56)c5ccccc45)n3)ccc2c1. The molecule has 2 heterocycles. The van der Waals surface area contributed by atoms with Crippen LogP contribution in [-0.4, -0.2) is 15.0 Å². The molecule has 0 aliphatic heterocycles. The lowest BCUT2D eigenvalue weighted by Gasteiger charge is -2.15. The molecule has 0 amide bonds. The Morgan fingerprint density at radius 2 is 0.849 bits per heavy atom. The van der Waals surface area contributed by atoms with E-state index in [0.29, 0.717) is 17.5 Å². The zero-order valence-corrected chi connectivity index (χ0v) is 28.5. The summed E-state index contributed by atoms with van der Waals surface area (Å²) in [6.45, 7) is 0. The third kappa shape index (κ3) is 4.73. The van der Waals surface area contributed by atoms with E-state index >= 15 is 0 Å². The minimum Gasteiger partial charge on any atom is -0.455 e. The van der Waals surface area contributed by atoms with Crippen molar-refractivity contribution in [3.63, 3.8) is 0 Å². The highest BCUT2D eigenvalue weighted by atomic mass is 16.3. The third-order valence-corrected chi connectivity index (χ3v) is 10.5. The first-order chi connectivity index (χ1) is 26.3. The summed E-state index contributed by atoms with van der Waals surface area (Å²) in [5.74, 6) is 1.92. The maximum absolute atomic E-state index is 6.44. The van der Waals surface area contributed by atoms with Crippen LogP contribution in [-0.2, 0) is 0 Å². The van der Waals surface area contributed by atoms with Gasteiger partial charge in [-0.2, -0.15) is 0 Å². The van der Waals surface area contributed by atoms with Crippen molar-refractivity contribution in [1.29, 1.82) is 0 Å². The van der Waals surface area contributed by atoms with Gasteiger partial charge in [0.25, 0.3) is 0 Å². The average Bonchev–Trinajstić information content (AvgIpc) is 3.61. The van der Waals surface area contributed by atoms with E-state index in [0.717, 1.165) is 87.5 Å². The number of hydrogen-bond donors (Lipinski definition) is 0. The lowest BCUT2D eigenvalue weighted by Crippen LogP contribution is -2.01. The van der Waals surface area contributed by atoms with Gasteiger partial charge in [0.15, 0.2) is 17.5 Å². The minimum atomic E-state index is 0.634. The summed E-state index contributed by atoms with van der Waals surface area (Å²) in [6, 6.07) is 61.6. The van der Waals surface area contributed by atoms with Gasteiger partial charge < -0.3 is 4.42 Å². The van der Waals surface area contributed by atoms with Crippen LogP contribution < -0.4 is 0 Å². The van der Waals surface area contributed by atoms with E-state index < -0.39 is 0 Å². The Kier molecular flexibility index (Phi) is 6.52. The molecule has 0 spiro atoms. The molecule has 0 unspecified atom stereocenters. The largest absolute Gasteiger partial charge is 0.455 e. The third-order valence-electron chi connectivity index (χ3n) is 10.5. The molecule has 9 aromatic carbocycles. The standard InChI is InChI=1S/C49H29N3O/c1-2-14-32-28-33(25-24-30(32)12-1)47-50-48(41-22-11-15-31-13-3-4-16-34(31)41)52-49(51-47)42-27-26-38(35-17-5-6-18-36(35)42)43-29-44-39-20-9-10-23-45(39)53-46(44)40-21-8-7-19-37(40)43/h1-29H. The predicted molar refractivity (Wildman–Crippen MR) is 219 cm³/mol. The predicted octanol–water partition coefficient (Wildman–Crippen LogP) is 13.1. The molecule has 246 valence electrons. The molecule has 0 saturated heterocycles. The summed E-state index contributed by atoms with van der Waals surface area (Å²) in [4.78, 5) is 15.6. The highest BCUT2D eigenvalue weighted by Crippen LogP contribution is 2.43. The first-order valence-electron chi connectivity index (χ1n) is 17.9. The Bertz CT molecular complexity index is 3250. The van der Waals surface area contributed by atoms with Gasteiger partial charge in [-0.25, -0.2) is 15.0 Å². The maximum atomic E-state index is 6.44. The molecule has 0 N–H and O–H groups in total. The Morgan fingerprint density at radius 3 is 1.64 bits per heavy atom. The van der Waals surface area contributed by atoms with Crippen LogP contribution in [0.2, 0.25) is 0 Å². The van der Waals surface area contributed by atoms with Crippen LogP contribution >= 0.6 is 0 Å². The number of hydrogen-bond acceptors (Lipinski definition) is 4. The van der Waals surface area contributed by atoms with Crippen LogP contribution in [0.1, 0.15) is 0 Å². The molecular weight excluding hydrogens is 647 g/mol. The summed E-state index contributed by atoms with van der Waals surface area (Å²) in [6.07, 6.45) is 0. The van der Waals surface area contributed by atoms with Gasteiger partial charge in [-0.05, 0) is 73.1 Å². The molecule has 0 aliphatic rings. The van der Waals surface area contributed by atoms with Crippen molar-refractivity contribution in [1.82, 2.24) is 15.0 Å². The van der Waals surface area contributed by atoms with Crippen molar-refractivity contribution in [2.24, 2.45) is 0 Å². The topological polar surface area (TPSA) is 51.8 Å². The minimum absolute atomic E-state index is 0.634. The highest BCUT2D eigenvalue weighted by molar-refractivity contribution is 6.21. The molecule has 0 saturated carbocycles. The van der Waals surface area contributed by atoms with Crippen molar-refractivity contribution in [3.05, 3.63) is 176 Å². The second-order valence-electron chi connectivity index (χ2n) is 13.5. The Morgan fingerprint density at radius 1 is 0.302 bits per heavy atom. The Labute approximate surface area is 304 Å². The van der Waals surface area contributed by atoms with Gasteiger partial charge in [0.2, 0.25) is 0 Å². The van der Waals surface area contributed by atoms with Gasteiger partial charge in [-0.15, -0.1) is 0 Å². The van der Waals surface area contributed by atoms with E-state index in [4.69, 9.17) is 19.4 Å². The molecule has 53 heavy (non-hydrogen) atoms. The van der Waals surface area contributed by atoms with Gasteiger partial charge in [-0.1, -0.05) is 152 Å². The van der Waals surface area contributed by atoms with Gasteiger partial charge in [0.1, 0.15) is 11.2 Å². The summed E-state index contributed by atoms with van der Waals surface area (Å²) in [5, 5.41) is 11.2. The van der Waals surface area contributed by atoms with Crippen LogP contribution in [0.3, 0.4) is 0 Å². The van der Waals surface area contributed by atoms with Crippen molar-refractivity contribution >= 4 is 65.0 Å². The fourth-order valence-electron chi connectivity index (χ4n) is 7.99. The molecule has 0 fully saturated rings. The molecule has 0 atom stereocenters. The van der Waals surface area contributed by atoms with Crippen LogP contribution in [0, 0.1) is 0 Å². The maximum Gasteiger partial charge on any atom is 0.164 e. The summed E-state index contributed by atoms with van der Waals surface area (Å²) in [5.41, 5.74) is 6.98. The first-order valence-corrected chi connectivity index (χ1v) is 17.9. The summed E-state index contributed by atoms with van der Waals surface area (Å²) < 4.78 is 6.44. The zero-order valence-electron chi connectivity index (χ0n) is 28.5. The number of rotatable bonds is 4. The van der Waals surface area contributed by atoms with Gasteiger partial charge in [-0.3, -0.25) is 0 Å². The van der Waals surface area contributed by atoms with Gasteiger partial charge >= 0.3 is 0 Å². The lowest BCUT2D eigenvalue weighted by atomic mass is 9.90. The normalized spacial score (nSPS) is 11.8. The highest BCUT2D eigenvalue weighted by Gasteiger charge is 2.20. The summed E-state index contributed by atoms with van der Waals surface area (Å²) >= 11 is 0. The number of aromatic nitrogens is 3. The number of furan rings is 1. The lowest BCUT2D eigenvalue weighted by molar-refractivity contribution is 0.672. The fourth-order valence-corrected chi connectivity index (χ4v) is 7.99. The van der Waals surface area contributed by atoms with E-state index in [2.05, 4.69) is 164 Å². The van der Waals surface area contributed by atoms with Crippen LogP contribution in [0.5, 0.6) is 0 Å². The van der Waals surface area contributed by atoms with E-state index in [1.165, 1.54) is 5.39 Å². The number of para-hydroxylation sites is 1. The second kappa shape index (κ2) is 11.7. The Hall–Kier alpha value is -7.17. The summed E-state index contributed by atoms with van der Waals surface area (Å²) in [7, 11) is 0. The smallest absolute Gasteiger partial charge is 0.164 e. The number of benzene rings is 9. The van der Waals surface area contributed by atoms with Gasteiger partial charge in [0, 0.05) is 32.8 Å². The molecule has 4 nitrogen and oxygen atoms in total. The average molecular weight is 676 g/mol. The van der Waals surface area contributed by atoms with Crippen LogP contribution in [0.4, 0.5) is 0 Å². The van der Waals surface area contributed by atoms with E-state index in [1.54, 1.807) is 0 Å². The molecule has 0 aliphatic carbocycles. The van der Waals surface area contributed by atoms with Crippen molar-refractivity contribution < 1.29 is 4.42 Å². The fraction of sp³-hybridized carbons (Fsp3) is 0. The van der Waals surface area contributed by atoms with Crippen LogP contribution in [0.15, 0.2) is 180 Å². The van der Waals surface area contributed by atoms with Crippen molar-refractivity contribution in [2.45, 2.75) is 0 Å². The quantitative estimate of drug-likeness (QED) is 0.186. The van der Waals surface area contributed by atoms with Crippen molar-refractivity contribution in [3.8, 4) is 45.3 Å². The molecule has 11 aromatic rings.